The number of anilines is 1. The highest BCUT2D eigenvalue weighted by Gasteiger charge is 2.23. The molecule has 2 atom stereocenters. The van der Waals surface area contributed by atoms with Crippen LogP contribution in [-0.4, -0.2) is 23.6 Å². The first kappa shape index (κ1) is 18.3. The van der Waals surface area contributed by atoms with Gasteiger partial charge in [-0.1, -0.05) is 19.8 Å². The molecule has 5 heteroatoms. The van der Waals surface area contributed by atoms with E-state index in [-0.39, 0.29) is 11.9 Å². The molecule has 1 aromatic rings. The van der Waals surface area contributed by atoms with Gasteiger partial charge in [-0.05, 0) is 63.8 Å². The van der Waals surface area contributed by atoms with Gasteiger partial charge in [0.25, 0.3) is 5.91 Å². The maximum Gasteiger partial charge on any atom is 0.412 e. The lowest BCUT2D eigenvalue weighted by Crippen LogP contribution is -2.41. The van der Waals surface area contributed by atoms with Crippen LogP contribution in [0.5, 0.6) is 0 Å². The van der Waals surface area contributed by atoms with Crippen LogP contribution < -0.4 is 10.6 Å². The normalized spacial score (nSPS) is 21.0. The minimum absolute atomic E-state index is 0.0578. The number of rotatable bonds is 3. The Hall–Kier alpha value is -2.04. The van der Waals surface area contributed by atoms with Crippen LogP contribution in [0.1, 0.15) is 63.7 Å². The van der Waals surface area contributed by atoms with Crippen LogP contribution >= 0.6 is 0 Å². The molecule has 1 fully saturated rings. The third-order valence-corrected chi connectivity index (χ3v) is 4.22. The number of amides is 2. The van der Waals surface area contributed by atoms with Crippen molar-refractivity contribution < 1.29 is 14.3 Å². The Morgan fingerprint density at radius 3 is 2.29 bits per heavy atom. The van der Waals surface area contributed by atoms with Crippen LogP contribution in [0.25, 0.3) is 0 Å². The number of hydrogen-bond donors (Lipinski definition) is 2. The number of ether oxygens (including phenoxy) is 1. The molecule has 0 heterocycles. The molecule has 0 spiro atoms. The van der Waals surface area contributed by atoms with Gasteiger partial charge in [-0.3, -0.25) is 10.1 Å². The number of carbonyl (C=O) groups excluding carboxylic acids is 2. The molecule has 0 aromatic heterocycles. The summed E-state index contributed by atoms with van der Waals surface area (Å²) in [6, 6.07) is 7.11. The number of carbonyl (C=O) groups is 2. The summed E-state index contributed by atoms with van der Waals surface area (Å²) in [6.07, 6.45) is 4.14. The van der Waals surface area contributed by atoms with Crippen LogP contribution in [0.4, 0.5) is 10.5 Å². The zero-order valence-electron chi connectivity index (χ0n) is 15.0. The smallest absolute Gasteiger partial charge is 0.412 e. The van der Waals surface area contributed by atoms with E-state index in [1.54, 1.807) is 24.3 Å². The van der Waals surface area contributed by atoms with E-state index in [2.05, 4.69) is 17.6 Å². The highest BCUT2D eigenvalue weighted by Crippen LogP contribution is 2.24. The van der Waals surface area contributed by atoms with Gasteiger partial charge >= 0.3 is 6.09 Å². The Kier molecular flexibility index (Phi) is 5.86. The van der Waals surface area contributed by atoms with Gasteiger partial charge in [-0.25, -0.2) is 4.79 Å². The summed E-state index contributed by atoms with van der Waals surface area (Å²) in [5, 5.41) is 5.79. The Morgan fingerprint density at radius 1 is 1.08 bits per heavy atom. The van der Waals surface area contributed by atoms with Gasteiger partial charge in [0.15, 0.2) is 0 Å². The summed E-state index contributed by atoms with van der Waals surface area (Å²) >= 11 is 0. The lowest BCUT2D eigenvalue weighted by molar-refractivity contribution is 0.0635. The summed E-state index contributed by atoms with van der Waals surface area (Å²) in [6.45, 7) is 7.63. The maximum absolute atomic E-state index is 12.4. The second-order valence-corrected chi connectivity index (χ2v) is 7.55. The van der Waals surface area contributed by atoms with E-state index in [9.17, 15) is 9.59 Å². The molecular formula is C19H28N2O3. The molecular weight excluding hydrogens is 304 g/mol. The van der Waals surface area contributed by atoms with Crippen molar-refractivity contribution in [3.63, 3.8) is 0 Å². The summed E-state index contributed by atoms with van der Waals surface area (Å²) in [5.74, 6) is 0.466. The molecule has 1 aliphatic carbocycles. The van der Waals surface area contributed by atoms with Crippen molar-refractivity contribution in [1.82, 2.24) is 5.32 Å². The predicted molar refractivity (Wildman–Crippen MR) is 95.2 cm³/mol. The van der Waals surface area contributed by atoms with Gasteiger partial charge in [0.05, 0.1) is 0 Å². The molecule has 2 N–H and O–H groups in total. The first-order chi connectivity index (χ1) is 11.2. The molecule has 2 unspecified atom stereocenters. The second-order valence-electron chi connectivity index (χ2n) is 7.55. The minimum Gasteiger partial charge on any atom is -0.444 e. The first-order valence-electron chi connectivity index (χ1n) is 8.65. The van der Waals surface area contributed by atoms with Crippen molar-refractivity contribution in [2.75, 3.05) is 5.32 Å². The topological polar surface area (TPSA) is 67.4 Å². The zero-order chi connectivity index (χ0) is 17.7. The molecule has 24 heavy (non-hydrogen) atoms. The van der Waals surface area contributed by atoms with E-state index < -0.39 is 11.7 Å². The van der Waals surface area contributed by atoms with Crippen molar-refractivity contribution in [1.29, 1.82) is 0 Å². The average molecular weight is 332 g/mol. The van der Waals surface area contributed by atoms with Gasteiger partial charge in [0, 0.05) is 17.3 Å². The molecule has 0 radical (unpaired) electrons. The number of hydrogen-bond acceptors (Lipinski definition) is 3. The highest BCUT2D eigenvalue weighted by molar-refractivity contribution is 5.95. The third kappa shape index (κ3) is 5.55. The molecule has 0 aliphatic heterocycles. The van der Waals surface area contributed by atoms with Crippen LogP contribution in [0, 0.1) is 5.92 Å². The van der Waals surface area contributed by atoms with Crippen LogP contribution in [0.15, 0.2) is 24.3 Å². The minimum atomic E-state index is -0.541. The molecule has 2 amide bonds. The van der Waals surface area contributed by atoms with Crippen molar-refractivity contribution in [2.45, 2.75) is 65.0 Å². The second kappa shape index (κ2) is 7.69. The predicted octanol–water partition coefficient (Wildman–Crippen LogP) is 4.34. The molecule has 1 aliphatic rings. The standard InChI is InChI=1S/C19H28N2O3/c1-13-7-5-6-8-16(13)21-17(22)14-9-11-15(12-10-14)20-18(23)24-19(2,3)4/h9-13,16H,5-8H2,1-4H3,(H,20,23)(H,21,22). The van der Waals surface area contributed by atoms with Crippen molar-refractivity contribution in [3.05, 3.63) is 29.8 Å². The lowest BCUT2D eigenvalue weighted by Gasteiger charge is -2.29. The Bertz CT molecular complexity index is 575. The summed E-state index contributed by atoms with van der Waals surface area (Å²) in [7, 11) is 0. The van der Waals surface area contributed by atoms with Crippen molar-refractivity contribution >= 4 is 17.7 Å². The fourth-order valence-corrected chi connectivity index (χ4v) is 2.91. The monoisotopic (exact) mass is 332 g/mol. The SMILES string of the molecule is CC1CCCCC1NC(=O)c1ccc(NC(=O)OC(C)(C)C)cc1. The van der Waals surface area contributed by atoms with Gasteiger partial charge in [0.1, 0.15) is 5.60 Å². The van der Waals surface area contributed by atoms with E-state index in [1.807, 2.05) is 20.8 Å². The molecule has 5 nitrogen and oxygen atoms in total. The van der Waals surface area contributed by atoms with Gasteiger partial charge < -0.3 is 10.1 Å². The van der Waals surface area contributed by atoms with E-state index in [4.69, 9.17) is 4.74 Å². The molecule has 0 bridgehead atoms. The average Bonchev–Trinajstić information content (AvgIpc) is 2.48. The van der Waals surface area contributed by atoms with Gasteiger partial charge in [-0.2, -0.15) is 0 Å². The molecule has 1 aromatic carbocycles. The number of nitrogens with one attached hydrogen (secondary N) is 2. The van der Waals surface area contributed by atoms with E-state index >= 15 is 0 Å². The fourth-order valence-electron chi connectivity index (χ4n) is 2.91. The lowest BCUT2D eigenvalue weighted by atomic mass is 9.86. The third-order valence-electron chi connectivity index (χ3n) is 4.22. The molecule has 2 rings (SSSR count). The first-order valence-corrected chi connectivity index (χ1v) is 8.65. The van der Waals surface area contributed by atoms with Crippen molar-refractivity contribution in [3.8, 4) is 0 Å². The quantitative estimate of drug-likeness (QED) is 0.865. The fraction of sp³-hybridized carbons (Fsp3) is 0.579. The van der Waals surface area contributed by atoms with Gasteiger partial charge in [-0.15, -0.1) is 0 Å². The maximum atomic E-state index is 12.4. The summed E-state index contributed by atoms with van der Waals surface area (Å²) in [5.41, 5.74) is 0.662. The van der Waals surface area contributed by atoms with Crippen LogP contribution in [0.2, 0.25) is 0 Å². The Labute approximate surface area is 144 Å². The van der Waals surface area contributed by atoms with Crippen LogP contribution in [0.3, 0.4) is 0 Å². The largest absolute Gasteiger partial charge is 0.444 e. The summed E-state index contributed by atoms with van der Waals surface area (Å²) < 4.78 is 5.20. The van der Waals surface area contributed by atoms with E-state index in [0.717, 1.165) is 6.42 Å². The number of benzene rings is 1. The summed E-state index contributed by atoms with van der Waals surface area (Å²) in [4.78, 5) is 24.1. The Morgan fingerprint density at radius 2 is 1.71 bits per heavy atom. The zero-order valence-corrected chi connectivity index (χ0v) is 15.0. The Balaban J connectivity index is 1.91. The van der Waals surface area contributed by atoms with E-state index in [1.165, 1.54) is 19.3 Å². The molecule has 1 saturated carbocycles. The van der Waals surface area contributed by atoms with E-state index in [0.29, 0.717) is 17.2 Å². The molecule has 0 saturated heterocycles. The van der Waals surface area contributed by atoms with Crippen LogP contribution in [-0.2, 0) is 4.74 Å². The highest BCUT2D eigenvalue weighted by atomic mass is 16.6. The van der Waals surface area contributed by atoms with Crippen molar-refractivity contribution in [2.24, 2.45) is 5.92 Å². The van der Waals surface area contributed by atoms with Gasteiger partial charge in [0.2, 0.25) is 0 Å². The molecule has 132 valence electrons.